The number of rotatable bonds is 7. The van der Waals surface area contributed by atoms with Gasteiger partial charge in [-0.05, 0) is 41.8 Å². The molecular formula is C19H17F4NO4. The molecule has 0 aliphatic carbocycles. The highest BCUT2D eigenvalue weighted by Gasteiger charge is 2.27. The second-order valence-corrected chi connectivity index (χ2v) is 5.95. The number of carboxylic acid groups (broad SMARTS) is 1. The molecule has 2 N–H and O–H groups in total. The molecule has 1 unspecified atom stereocenters. The van der Waals surface area contributed by atoms with Gasteiger partial charge in [0.15, 0.2) is 17.6 Å². The van der Waals surface area contributed by atoms with E-state index in [-0.39, 0.29) is 23.3 Å². The highest BCUT2D eigenvalue weighted by atomic mass is 19.4. The summed E-state index contributed by atoms with van der Waals surface area (Å²) < 4.78 is 55.3. The van der Waals surface area contributed by atoms with Gasteiger partial charge >= 0.3 is 12.1 Å². The van der Waals surface area contributed by atoms with Crippen molar-refractivity contribution >= 4 is 11.9 Å². The highest BCUT2D eigenvalue weighted by Crippen LogP contribution is 2.24. The van der Waals surface area contributed by atoms with E-state index in [0.29, 0.717) is 5.56 Å². The van der Waals surface area contributed by atoms with Gasteiger partial charge in [-0.3, -0.25) is 4.79 Å². The number of aliphatic carboxylic acids is 1. The molecule has 0 fully saturated rings. The highest BCUT2D eigenvalue weighted by molar-refractivity contribution is 5.96. The number of benzene rings is 2. The van der Waals surface area contributed by atoms with Gasteiger partial charge in [0.05, 0.1) is 7.11 Å². The van der Waals surface area contributed by atoms with Gasteiger partial charge in [-0.2, -0.15) is 13.2 Å². The Morgan fingerprint density at radius 1 is 1.14 bits per heavy atom. The fourth-order valence-electron chi connectivity index (χ4n) is 2.47. The van der Waals surface area contributed by atoms with Crippen LogP contribution in [0.4, 0.5) is 17.6 Å². The number of nitrogens with one attached hydrogen (secondary N) is 1. The number of aryl methyl sites for hydroxylation is 1. The SMILES string of the molecule is COc1ccc(C(NC(=O)c2ccc(CCC(F)(F)F)cc2)C(=O)O)cc1F. The number of halogens is 4. The molecule has 0 spiro atoms. The molecule has 0 saturated carbocycles. The molecule has 150 valence electrons. The lowest BCUT2D eigenvalue weighted by Gasteiger charge is -2.16. The van der Waals surface area contributed by atoms with E-state index < -0.39 is 36.3 Å². The number of carboxylic acids is 1. The standard InChI is InChI=1S/C19H17F4NO4/c1-28-15-7-6-13(10-14(15)20)16(18(26)27)24-17(25)12-4-2-11(3-5-12)8-9-19(21,22)23/h2-7,10,16H,8-9H2,1H3,(H,24,25)(H,26,27). The van der Waals surface area contributed by atoms with Crippen molar-refractivity contribution < 1.29 is 37.0 Å². The molecule has 1 atom stereocenters. The van der Waals surface area contributed by atoms with Crippen LogP contribution in [0.25, 0.3) is 0 Å². The molecule has 2 aromatic rings. The van der Waals surface area contributed by atoms with Gasteiger partial charge in [0.2, 0.25) is 0 Å². The minimum atomic E-state index is -4.28. The summed E-state index contributed by atoms with van der Waals surface area (Å²) in [5.74, 6) is -3.02. The number of hydrogen-bond acceptors (Lipinski definition) is 3. The fourth-order valence-corrected chi connectivity index (χ4v) is 2.47. The van der Waals surface area contributed by atoms with E-state index in [4.69, 9.17) is 4.74 Å². The number of methoxy groups -OCH3 is 1. The summed E-state index contributed by atoms with van der Waals surface area (Å²) in [6.07, 6.45) is -5.49. The lowest BCUT2D eigenvalue weighted by molar-refractivity contribution is -0.139. The minimum absolute atomic E-state index is 0.000877. The Balaban J connectivity index is 2.12. The van der Waals surface area contributed by atoms with Crippen LogP contribution in [-0.4, -0.2) is 30.3 Å². The smallest absolute Gasteiger partial charge is 0.389 e. The molecule has 5 nitrogen and oxygen atoms in total. The second kappa shape index (κ2) is 8.73. The van der Waals surface area contributed by atoms with Crippen LogP contribution < -0.4 is 10.1 Å². The molecule has 0 bridgehead atoms. The third-order valence-corrected chi connectivity index (χ3v) is 3.94. The Bertz CT molecular complexity index is 850. The van der Waals surface area contributed by atoms with Crippen molar-refractivity contribution in [2.24, 2.45) is 0 Å². The summed E-state index contributed by atoms with van der Waals surface area (Å²) in [5.41, 5.74) is 0.456. The summed E-state index contributed by atoms with van der Waals surface area (Å²) in [6, 6.07) is 7.30. The van der Waals surface area contributed by atoms with Crippen molar-refractivity contribution in [3.8, 4) is 5.75 Å². The molecule has 2 rings (SSSR count). The minimum Gasteiger partial charge on any atom is -0.494 e. The second-order valence-electron chi connectivity index (χ2n) is 5.95. The van der Waals surface area contributed by atoms with Crippen LogP contribution in [-0.2, 0) is 11.2 Å². The number of carbonyl (C=O) groups excluding carboxylic acids is 1. The van der Waals surface area contributed by atoms with Crippen molar-refractivity contribution in [2.75, 3.05) is 7.11 Å². The first-order valence-electron chi connectivity index (χ1n) is 8.13. The molecule has 2 aromatic carbocycles. The van der Waals surface area contributed by atoms with E-state index >= 15 is 0 Å². The van der Waals surface area contributed by atoms with Crippen LogP contribution in [0, 0.1) is 5.82 Å². The van der Waals surface area contributed by atoms with Crippen LogP contribution in [0.5, 0.6) is 5.75 Å². The summed E-state index contributed by atoms with van der Waals surface area (Å²) in [4.78, 5) is 23.8. The third kappa shape index (κ3) is 5.70. The Morgan fingerprint density at radius 3 is 2.29 bits per heavy atom. The topological polar surface area (TPSA) is 75.6 Å². The van der Waals surface area contributed by atoms with Gasteiger partial charge in [0.25, 0.3) is 5.91 Å². The Kier molecular flexibility index (Phi) is 6.61. The number of carbonyl (C=O) groups is 2. The van der Waals surface area contributed by atoms with Gasteiger partial charge < -0.3 is 15.2 Å². The molecule has 9 heteroatoms. The van der Waals surface area contributed by atoms with Crippen LogP contribution in [0.1, 0.15) is 33.9 Å². The predicted molar refractivity (Wildman–Crippen MR) is 91.6 cm³/mol. The zero-order valence-electron chi connectivity index (χ0n) is 14.7. The van der Waals surface area contributed by atoms with Crippen molar-refractivity contribution in [2.45, 2.75) is 25.1 Å². The first kappa shape index (κ1) is 21.2. The van der Waals surface area contributed by atoms with Crippen LogP contribution in [0.3, 0.4) is 0 Å². The molecule has 0 aliphatic heterocycles. The monoisotopic (exact) mass is 399 g/mol. The van der Waals surface area contributed by atoms with E-state index in [2.05, 4.69) is 5.32 Å². The lowest BCUT2D eigenvalue weighted by Crippen LogP contribution is -2.33. The maximum atomic E-state index is 13.8. The van der Waals surface area contributed by atoms with Crippen molar-refractivity contribution in [3.05, 3.63) is 65.0 Å². The van der Waals surface area contributed by atoms with Crippen LogP contribution >= 0.6 is 0 Å². The maximum absolute atomic E-state index is 13.8. The van der Waals surface area contributed by atoms with E-state index in [1.54, 1.807) is 0 Å². The first-order valence-corrected chi connectivity index (χ1v) is 8.13. The van der Waals surface area contributed by atoms with Crippen LogP contribution in [0.15, 0.2) is 42.5 Å². The van der Waals surface area contributed by atoms with Crippen molar-refractivity contribution in [1.82, 2.24) is 5.32 Å². The van der Waals surface area contributed by atoms with Crippen LogP contribution in [0.2, 0.25) is 0 Å². The largest absolute Gasteiger partial charge is 0.494 e. The summed E-state index contributed by atoms with van der Waals surface area (Å²) >= 11 is 0. The normalized spacial score (nSPS) is 12.3. The average Bonchev–Trinajstić information content (AvgIpc) is 2.63. The summed E-state index contributed by atoms with van der Waals surface area (Å²) in [7, 11) is 1.26. The molecule has 0 aliphatic rings. The maximum Gasteiger partial charge on any atom is 0.389 e. The van der Waals surface area contributed by atoms with Gasteiger partial charge in [-0.15, -0.1) is 0 Å². The van der Waals surface area contributed by atoms with E-state index in [1.165, 1.54) is 43.5 Å². The van der Waals surface area contributed by atoms with Crippen molar-refractivity contribution in [3.63, 3.8) is 0 Å². The summed E-state index contributed by atoms with van der Waals surface area (Å²) in [5, 5.41) is 11.6. The molecule has 0 radical (unpaired) electrons. The predicted octanol–water partition coefficient (Wildman–Crippen LogP) is 3.88. The lowest BCUT2D eigenvalue weighted by atomic mass is 10.0. The van der Waals surface area contributed by atoms with Gasteiger partial charge in [-0.25, -0.2) is 9.18 Å². The van der Waals surface area contributed by atoms with E-state index in [1.807, 2.05) is 0 Å². The number of alkyl halides is 3. The van der Waals surface area contributed by atoms with Gasteiger partial charge in [0, 0.05) is 12.0 Å². The zero-order valence-corrected chi connectivity index (χ0v) is 14.7. The molecule has 28 heavy (non-hydrogen) atoms. The molecule has 0 saturated heterocycles. The number of amides is 1. The Hall–Kier alpha value is -3.10. The Morgan fingerprint density at radius 2 is 1.79 bits per heavy atom. The average molecular weight is 399 g/mol. The van der Waals surface area contributed by atoms with E-state index in [9.17, 15) is 32.3 Å². The van der Waals surface area contributed by atoms with Crippen molar-refractivity contribution in [1.29, 1.82) is 0 Å². The molecule has 0 aromatic heterocycles. The quantitative estimate of drug-likeness (QED) is 0.693. The first-order chi connectivity index (χ1) is 13.1. The number of hydrogen-bond donors (Lipinski definition) is 2. The zero-order chi connectivity index (χ0) is 20.9. The molecule has 1 amide bonds. The third-order valence-electron chi connectivity index (χ3n) is 3.94. The fraction of sp³-hybridized carbons (Fsp3) is 0.263. The van der Waals surface area contributed by atoms with Gasteiger partial charge in [0.1, 0.15) is 0 Å². The molecular weight excluding hydrogens is 382 g/mol. The van der Waals surface area contributed by atoms with E-state index in [0.717, 1.165) is 6.07 Å². The summed E-state index contributed by atoms with van der Waals surface area (Å²) in [6.45, 7) is 0. The number of ether oxygens (including phenoxy) is 1. The Labute approximate surface area is 157 Å². The molecule has 0 heterocycles. The van der Waals surface area contributed by atoms with Gasteiger partial charge in [-0.1, -0.05) is 18.2 Å².